The second-order valence-electron chi connectivity index (χ2n) is 7.77. The van der Waals surface area contributed by atoms with Crippen LogP contribution in [0.4, 0.5) is 0 Å². The van der Waals surface area contributed by atoms with Gasteiger partial charge in [0.1, 0.15) is 0 Å². The molecule has 2 N–H and O–H groups in total. The average molecular weight is 355 g/mol. The van der Waals surface area contributed by atoms with Crippen LogP contribution in [0.2, 0.25) is 0 Å². The van der Waals surface area contributed by atoms with Gasteiger partial charge in [-0.1, -0.05) is 35.5 Å². The van der Waals surface area contributed by atoms with E-state index >= 15 is 0 Å². The lowest BCUT2D eigenvalue weighted by atomic mass is 9.95. The van der Waals surface area contributed by atoms with Gasteiger partial charge in [0.05, 0.1) is 11.7 Å². The number of carbonyl (C=O) groups is 1. The fourth-order valence-electron chi connectivity index (χ4n) is 3.48. The summed E-state index contributed by atoms with van der Waals surface area (Å²) in [6.45, 7) is 8.02. The summed E-state index contributed by atoms with van der Waals surface area (Å²) in [6, 6.07) is 10.7. The zero-order valence-electron chi connectivity index (χ0n) is 16.0. The smallest absolute Gasteiger partial charge is 0.274 e. The standard InChI is InChI=1S/C20H29N5O/c1-15-18(23-24-25(15)17-10-13-21-14-11-17)19(26)22-20(2,3)12-9-16-7-5-4-6-8-16/h4-8,17,21H,9-14H2,1-3H3,(H,22,26). The Morgan fingerprint density at radius 1 is 1.27 bits per heavy atom. The van der Waals surface area contributed by atoms with Crippen molar-refractivity contribution in [3.8, 4) is 0 Å². The van der Waals surface area contributed by atoms with Gasteiger partial charge in [-0.2, -0.15) is 0 Å². The zero-order chi connectivity index (χ0) is 18.6. The SMILES string of the molecule is Cc1c(C(=O)NC(C)(C)CCc2ccccc2)nnn1C1CCNCC1. The van der Waals surface area contributed by atoms with Crippen molar-refractivity contribution >= 4 is 5.91 Å². The minimum atomic E-state index is -0.308. The van der Waals surface area contributed by atoms with Crippen LogP contribution in [-0.2, 0) is 6.42 Å². The Morgan fingerprint density at radius 2 is 1.96 bits per heavy atom. The van der Waals surface area contributed by atoms with E-state index < -0.39 is 0 Å². The molecule has 2 aromatic rings. The average Bonchev–Trinajstić information content (AvgIpc) is 3.03. The summed E-state index contributed by atoms with van der Waals surface area (Å²) in [7, 11) is 0. The molecule has 1 fully saturated rings. The minimum Gasteiger partial charge on any atom is -0.346 e. The molecule has 0 bridgehead atoms. The highest BCUT2D eigenvalue weighted by atomic mass is 16.2. The van der Waals surface area contributed by atoms with E-state index in [4.69, 9.17) is 0 Å². The summed E-state index contributed by atoms with van der Waals surface area (Å²) >= 11 is 0. The first-order valence-electron chi connectivity index (χ1n) is 9.45. The lowest BCUT2D eigenvalue weighted by Gasteiger charge is -2.26. The van der Waals surface area contributed by atoms with Gasteiger partial charge in [0.2, 0.25) is 0 Å². The summed E-state index contributed by atoms with van der Waals surface area (Å²) in [5, 5.41) is 14.9. The van der Waals surface area contributed by atoms with Crippen molar-refractivity contribution in [1.82, 2.24) is 25.6 Å². The second-order valence-corrected chi connectivity index (χ2v) is 7.77. The van der Waals surface area contributed by atoms with Gasteiger partial charge in [0, 0.05) is 5.54 Å². The van der Waals surface area contributed by atoms with Gasteiger partial charge in [-0.15, -0.1) is 5.10 Å². The Morgan fingerprint density at radius 3 is 2.65 bits per heavy atom. The lowest BCUT2D eigenvalue weighted by molar-refractivity contribution is 0.0903. The first kappa shape index (κ1) is 18.6. The van der Waals surface area contributed by atoms with Gasteiger partial charge >= 0.3 is 0 Å². The second kappa shape index (κ2) is 7.99. The summed E-state index contributed by atoms with van der Waals surface area (Å²) in [5.74, 6) is -0.138. The number of carbonyl (C=O) groups excluding carboxylic acids is 1. The van der Waals surface area contributed by atoms with Crippen molar-refractivity contribution in [2.75, 3.05) is 13.1 Å². The van der Waals surface area contributed by atoms with E-state index in [1.54, 1.807) is 0 Å². The molecule has 1 amide bonds. The molecular weight excluding hydrogens is 326 g/mol. The molecule has 0 atom stereocenters. The highest BCUT2D eigenvalue weighted by Crippen LogP contribution is 2.21. The van der Waals surface area contributed by atoms with Crippen LogP contribution in [0.3, 0.4) is 0 Å². The van der Waals surface area contributed by atoms with Gasteiger partial charge in [-0.3, -0.25) is 4.79 Å². The third kappa shape index (κ3) is 4.49. The van der Waals surface area contributed by atoms with E-state index in [-0.39, 0.29) is 11.4 Å². The summed E-state index contributed by atoms with van der Waals surface area (Å²) < 4.78 is 1.92. The molecule has 0 saturated carbocycles. The third-order valence-corrected chi connectivity index (χ3v) is 5.13. The van der Waals surface area contributed by atoms with Crippen molar-refractivity contribution in [3.63, 3.8) is 0 Å². The molecule has 6 heteroatoms. The molecule has 1 aliphatic rings. The molecule has 1 saturated heterocycles. The van der Waals surface area contributed by atoms with Crippen LogP contribution in [-0.4, -0.2) is 39.5 Å². The van der Waals surface area contributed by atoms with Gasteiger partial charge in [0.15, 0.2) is 5.69 Å². The quantitative estimate of drug-likeness (QED) is 0.836. The van der Waals surface area contributed by atoms with Gasteiger partial charge < -0.3 is 10.6 Å². The fourth-order valence-corrected chi connectivity index (χ4v) is 3.48. The molecule has 0 radical (unpaired) electrons. The number of benzene rings is 1. The van der Waals surface area contributed by atoms with Crippen LogP contribution in [0.5, 0.6) is 0 Å². The predicted molar refractivity (Wildman–Crippen MR) is 102 cm³/mol. The van der Waals surface area contributed by atoms with Gasteiger partial charge in [0.25, 0.3) is 5.91 Å². The van der Waals surface area contributed by atoms with E-state index in [1.165, 1.54) is 5.56 Å². The minimum absolute atomic E-state index is 0.138. The molecule has 6 nitrogen and oxygen atoms in total. The third-order valence-electron chi connectivity index (χ3n) is 5.13. The van der Waals surface area contributed by atoms with Gasteiger partial charge in [-0.25, -0.2) is 4.68 Å². The number of piperidine rings is 1. The summed E-state index contributed by atoms with van der Waals surface area (Å²) in [5.41, 5.74) is 2.27. The lowest BCUT2D eigenvalue weighted by Crippen LogP contribution is -2.44. The number of aromatic nitrogens is 3. The molecule has 0 spiro atoms. The van der Waals surface area contributed by atoms with E-state index in [2.05, 4.69) is 46.9 Å². The van der Waals surface area contributed by atoms with Crippen molar-refractivity contribution in [2.45, 2.75) is 58.0 Å². The Balaban J connectivity index is 1.62. The van der Waals surface area contributed by atoms with Crippen molar-refractivity contribution in [2.24, 2.45) is 0 Å². The van der Waals surface area contributed by atoms with E-state index in [0.29, 0.717) is 11.7 Å². The fraction of sp³-hybridized carbons (Fsp3) is 0.550. The van der Waals surface area contributed by atoms with Crippen LogP contribution in [0, 0.1) is 6.92 Å². The van der Waals surface area contributed by atoms with Gasteiger partial charge in [-0.05, 0) is 65.1 Å². The first-order valence-corrected chi connectivity index (χ1v) is 9.45. The summed E-state index contributed by atoms with van der Waals surface area (Å²) in [6.07, 6.45) is 3.83. The number of hydrogen-bond donors (Lipinski definition) is 2. The number of nitrogens with one attached hydrogen (secondary N) is 2. The van der Waals surface area contributed by atoms with Crippen LogP contribution >= 0.6 is 0 Å². The van der Waals surface area contributed by atoms with E-state index in [9.17, 15) is 4.79 Å². The monoisotopic (exact) mass is 355 g/mol. The number of rotatable bonds is 6. The molecular formula is C20H29N5O. The zero-order valence-corrected chi connectivity index (χ0v) is 16.0. The molecule has 1 aromatic carbocycles. The molecule has 0 aliphatic carbocycles. The van der Waals surface area contributed by atoms with Crippen molar-refractivity contribution < 1.29 is 4.79 Å². The Bertz CT molecular complexity index is 732. The molecule has 2 heterocycles. The highest BCUT2D eigenvalue weighted by Gasteiger charge is 2.26. The highest BCUT2D eigenvalue weighted by molar-refractivity contribution is 5.93. The van der Waals surface area contributed by atoms with Crippen LogP contribution in [0.15, 0.2) is 30.3 Å². The molecule has 26 heavy (non-hydrogen) atoms. The maximum Gasteiger partial charge on any atom is 0.274 e. The Kier molecular flexibility index (Phi) is 5.71. The predicted octanol–water partition coefficient (Wildman–Crippen LogP) is 2.65. The maximum atomic E-state index is 12.7. The van der Waals surface area contributed by atoms with Crippen molar-refractivity contribution in [1.29, 1.82) is 0 Å². The number of aryl methyl sites for hydroxylation is 1. The van der Waals surface area contributed by atoms with Crippen LogP contribution in [0.1, 0.15) is 60.9 Å². The van der Waals surface area contributed by atoms with Crippen molar-refractivity contribution in [3.05, 3.63) is 47.3 Å². The molecule has 1 aliphatic heterocycles. The van der Waals surface area contributed by atoms with Crippen LogP contribution in [0.25, 0.3) is 0 Å². The molecule has 1 aromatic heterocycles. The topological polar surface area (TPSA) is 71.8 Å². The molecule has 0 unspecified atom stereocenters. The van der Waals surface area contributed by atoms with E-state index in [1.807, 2.05) is 29.8 Å². The normalized spacial score (nSPS) is 15.8. The summed E-state index contributed by atoms with van der Waals surface area (Å²) in [4.78, 5) is 12.7. The Hall–Kier alpha value is -2.21. The number of hydrogen-bond acceptors (Lipinski definition) is 4. The molecule has 140 valence electrons. The number of nitrogens with zero attached hydrogens (tertiary/aromatic N) is 3. The van der Waals surface area contributed by atoms with Crippen LogP contribution < -0.4 is 10.6 Å². The van der Waals surface area contributed by atoms with E-state index in [0.717, 1.165) is 44.5 Å². The Labute approximate surface area is 155 Å². The first-order chi connectivity index (χ1) is 12.5. The molecule has 3 rings (SSSR count). The number of amides is 1. The largest absolute Gasteiger partial charge is 0.346 e. The maximum absolute atomic E-state index is 12.7.